The van der Waals surface area contributed by atoms with E-state index in [1.54, 1.807) is 0 Å². The number of H-pyrrole nitrogens is 1. The molecule has 1 atom stereocenters. The first-order chi connectivity index (χ1) is 19.0. The van der Waals surface area contributed by atoms with E-state index in [4.69, 9.17) is 9.47 Å². The monoisotopic (exact) mass is 576 g/mol. The number of anilines is 1. The number of benzene rings is 3. The van der Waals surface area contributed by atoms with Crippen molar-refractivity contribution >= 4 is 34.5 Å². The van der Waals surface area contributed by atoms with E-state index in [1.807, 2.05) is 0 Å². The zero-order chi connectivity index (χ0) is 28.6. The Labute approximate surface area is 253 Å². The van der Waals surface area contributed by atoms with Gasteiger partial charge in [0.1, 0.15) is 6.61 Å². The minimum atomic E-state index is -4.62. The third-order valence-electron chi connectivity index (χ3n) is 6.32. The molecule has 2 heterocycles. The summed E-state index contributed by atoms with van der Waals surface area (Å²) in [6, 6.07) is 16.3. The molecule has 41 heavy (non-hydrogen) atoms. The van der Waals surface area contributed by atoms with Gasteiger partial charge in [-0.25, -0.2) is 14.4 Å². The molecule has 0 saturated carbocycles. The fraction of sp³-hybridized carbons (Fsp3) is 0.143. The Morgan fingerprint density at radius 2 is 1.71 bits per heavy atom. The number of fused-ring (bicyclic) bond motifs is 1. The smallest absolute Gasteiger partial charge is 1.00 e. The largest absolute Gasteiger partial charge is 1.00 e. The number of nitrogens with zero attached hydrogens (tertiary/aromatic N) is 1. The second-order valence-electron chi connectivity index (χ2n) is 8.89. The first-order valence-electron chi connectivity index (χ1n) is 11.8. The van der Waals surface area contributed by atoms with Crippen LogP contribution in [0.25, 0.3) is 22.0 Å². The number of hydrogen-bond donors (Lipinski definition) is 2. The van der Waals surface area contributed by atoms with Crippen LogP contribution in [0.3, 0.4) is 0 Å². The first kappa shape index (κ1) is 29.8. The van der Waals surface area contributed by atoms with Gasteiger partial charge in [0.2, 0.25) is 0 Å². The van der Waals surface area contributed by atoms with Gasteiger partial charge >= 0.3 is 53.8 Å². The van der Waals surface area contributed by atoms with E-state index in [-0.39, 0.29) is 77.6 Å². The van der Waals surface area contributed by atoms with Gasteiger partial charge in [0.05, 0.1) is 23.2 Å². The molecule has 1 saturated heterocycles. The van der Waals surface area contributed by atoms with E-state index in [0.29, 0.717) is 5.39 Å². The van der Waals surface area contributed by atoms with Crippen LogP contribution in [0.4, 0.5) is 23.7 Å². The topological polar surface area (TPSA) is 126 Å². The number of aromatic carboxylic acids is 1. The molecule has 1 fully saturated rings. The Morgan fingerprint density at radius 1 is 1.02 bits per heavy atom. The predicted molar refractivity (Wildman–Crippen MR) is 137 cm³/mol. The number of aromatic amines is 1. The van der Waals surface area contributed by atoms with E-state index >= 15 is 0 Å². The van der Waals surface area contributed by atoms with Crippen LogP contribution in [-0.4, -0.2) is 47.4 Å². The second-order valence-corrected chi connectivity index (χ2v) is 8.89. The number of cyclic esters (lactones) is 1. The van der Waals surface area contributed by atoms with Crippen molar-refractivity contribution in [2.75, 3.05) is 18.1 Å². The molecule has 0 bridgehead atoms. The number of rotatable bonds is 6. The van der Waals surface area contributed by atoms with Gasteiger partial charge in [0, 0.05) is 22.3 Å². The zero-order valence-electron chi connectivity index (χ0n) is 22.4. The van der Waals surface area contributed by atoms with Crippen LogP contribution in [0, 0.1) is 0 Å². The van der Waals surface area contributed by atoms with Crippen molar-refractivity contribution in [3.05, 3.63) is 99.8 Å². The maximum atomic E-state index is 13.5. The molecule has 2 N–H and O–H groups in total. The van der Waals surface area contributed by atoms with Crippen molar-refractivity contribution in [1.82, 2.24) is 4.98 Å². The Kier molecular flexibility index (Phi) is 8.57. The number of carboxylic acid groups (broad SMARTS) is 1. The Balaban J connectivity index is 0.00000242. The van der Waals surface area contributed by atoms with Crippen molar-refractivity contribution in [1.29, 1.82) is 0 Å². The number of carbonyl (C=O) groups is 3. The summed E-state index contributed by atoms with van der Waals surface area (Å²) in [5, 5.41) is 9.74. The molecule has 9 nitrogen and oxygen atoms in total. The number of carboxylic acids is 1. The van der Waals surface area contributed by atoms with Crippen molar-refractivity contribution in [3.63, 3.8) is 0 Å². The Morgan fingerprint density at radius 3 is 2.41 bits per heavy atom. The number of halogens is 3. The molecule has 13 heteroatoms. The van der Waals surface area contributed by atoms with Gasteiger partial charge in [-0.2, -0.15) is 13.2 Å². The van der Waals surface area contributed by atoms with Crippen molar-refractivity contribution in [2.45, 2.75) is 12.3 Å². The number of amides is 1. The van der Waals surface area contributed by atoms with Gasteiger partial charge in [-0.1, -0.05) is 36.4 Å². The number of alkyl halides is 3. The van der Waals surface area contributed by atoms with E-state index in [9.17, 15) is 37.5 Å². The van der Waals surface area contributed by atoms with Gasteiger partial charge in [0.15, 0.2) is 6.10 Å². The zero-order valence-corrected chi connectivity index (χ0v) is 23.4. The molecule has 4 aromatic rings. The molecule has 0 radical (unpaired) electrons. The van der Waals surface area contributed by atoms with Crippen LogP contribution < -0.4 is 40.0 Å². The van der Waals surface area contributed by atoms with E-state index in [1.165, 1.54) is 71.6 Å². The molecule has 3 aromatic carbocycles. The van der Waals surface area contributed by atoms with Gasteiger partial charge < -0.3 is 21.0 Å². The normalized spacial score (nSPS) is 14.9. The van der Waals surface area contributed by atoms with Crippen LogP contribution in [0.5, 0.6) is 0 Å². The van der Waals surface area contributed by atoms with Crippen LogP contribution in [0.2, 0.25) is 0 Å². The average molecular weight is 576 g/mol. The number of esters is 1. The van der Waals surface area contributed by atoms with Gasteiger partial charge in [-0.15, -0.1) is 0 Å². The maximum absolute atomic E-state index is 13.5. The second kappa shape index (κ2) is 11.8. The molecule has 1 aromatic heterocycles. The molecule has 1 aliphatic heterocycles. The molecule has 0 aliphatic carbocycles. The number of ether oxygens (including phenoxy) is 2. The number of nitrogens with one attached hydrogen (secondary N) is 1. The van der Waals surface area contributed by atoms with Gasteiger partial charge in [0.25, 0.3) is 5.56 Å². The minimum Gasteiger partial charge on any atom is -1.00 e. The van der Waals surface area contributed by atoms with Crippen molar-refractivity contribution < 1.29 is 73.1 Å². The summed E-state index contributed by atoms with van der Waals surface area (Å²) in [4.78, 5) is 52.8. The average Bonchev–Trinajstić information content (AvgIpc) is 3.31. The summed E-state index contributed by atoms with van der Waals surface area (Å²) < 4.78 is 50.9. The van der Waals surface area contributed by atoms with E-state index in [2.05, 4.69) is 4.98 Å². The molecule has 1 amide bonds. The van der Waals surface area contributed by atoms with E-state index < -0.39 is 41.4 Å². The summed E-state index contributed by atoms with van der Waals surface area (Å²) in [6.45, 7) is -0.377. The van der Waals surface area contributed by atoms with Crippen LogP contribution in [0.15, 0.2) is 77.6 Å². The number of pyridine rings is 1. The Hall–Kier alpha value is -4.13. The first-order valence-corrected chi connectivity index (χ1v) is 11.8. The summed E-state index contributed by atoms with van der Waals surface area (Å²) in [6.07, 6.45) is -6.26. The third kappa shape index (κ3) is 6.14. The van der Waals surface area contributed by atoms with E-state index in [0.717, 1.165) is 6.07 Å². The van der Waals surface area contributed by atoms with Crippen LogP contribution >= 0.6 is 0 Å². The molecule has 1 aliphatic rings. The number of carbonyl (C=O) groups excluding carboxylic acids is 2. The molecular weight excluding hydrogens is 556 g/mol. The fourth-order valence-corrected chi connectivity index (χ4v) is 4.44. The third-order valence-corrected chi connectivity index (χ3v) is 6.32. The van der Waals surface area contributed by atoms with Gasteiger partial charge in [-0.3, -0.25) is 9.69 Å². The molecule has 0 unspecified atom stereocenters. The molecular formula is C28H20F3N2NaO7. The minimum absolute atomic E-state index is 0. The summed E-state index contributed by atoms with van der Waals surface area (Å²) in [7, 11) is 0. The maximum Gasteiger partial charge on any atom is 1.00 e. The molecule has 0 spiro atoms. The predicted octanol–water partition coefficient (Wildman–Crippen LogP) is 2.21. The van der Waals surface area contributed by atoms with Crippen LogP contribution in [-0.2, 0) is 15.7 Å². The standard InChI is InChI=1S/C28H19F3N2O7.Na.H/c29-28(30,31)22-8-4-3-7-20(22)23-11-15-9-10-16(12-21(15)24(34)32-23)33-13-17(40-27(33)38)14-39-26(37)19-6-2-1-5-18(19)25(35)36;;/h1-12,17H,13-14H2,(H,32,34)(H,35,36);;/q;+1;-1/t17-;;/m0../s1. The van der Waals surface area contributed by atoms with Gasteiger partial charge in [-0.05, 0) is 41.8 Å². The van der Waals surface area contributed by atoms with Crippen molar-refractivity contribution in [2.24, 2.45) is 0 Å². The SMILES string of the molecule is O=C(O)c1ccccc1C(=O)OC[C@@H]1CN(c2ccc3cc(-c4ccccc4C(F)(F)F)[nH]c(=O)c3c2)C(=O)O1.[H-].[Na+]. The summed E-state index contributed by atoms with van der Waals surface area (Å²) in [5.74, 6) is -2.19. The van der Waals surface area contributed by atoms with Crippen molar-refractivity contribution in [3.8, 4) is 11.3 Å². The summed E-state index contributed by atoms with van der Waals surface area (Å²) in [5.41, 5.74) is -1.82. The number of hydrogen-bond acceptors (Lipinski definition) is 6. The quantitative estimate of drug-likeness (QED) is 0.266. The number of aromatic nitrogens is 1. The summed E-state index contributed by atoms with van der Waals surface area (Å²) >= 11 is 0. The Bertz CT molecular complexity index is 1730. The molecule has 5 rings (SSSR count). The van der Waals surface area contributed by atoms with Crippen LogP contribution in [0.1, 0.15) is 27.7 Å². The fourth-order valence-electron chi connectivity index (χ4n) is 4.44. The molecule has 206 valence electrons.